The first-order valence-corrected chi connectivity index (χ1v) is 6.54. The summed E-state index contributed by atoms with van der Waals surface area (Å²) in [6, 6.07) is 9.65. The summed E-state index contributed by atoms with van der Waals surface area (Å²) in [5.41, 5.74) is 1.32. The van der Waals surface area contributed by atoms with Crippen LogP contribution in [0.4, 0.5) is 0 Å². The van der Waals surface area contributed by atoms with Crippen LogP contribution in [0, 0.1) is 0 Å². The molecule has 3 nitrogen and oxygen atoms in total. The minimum Gasteiger partial charge on any atom is -0.496 e. The highest BCUT2D eigenvalue weighted by atomic mass is 16.5. The standard InChI is InChI=1S/C17H18O3/c1-5-12-10-15(19-4)13-8-6-7-9-14(13)16(12)20-17(18)11(2)3/h6-10H,2,5H2,1,3-4H3. The maximum atomic E-state index is 11.8. The summed E-state index contributed by atoms with van der Waals surface area (Å²) in [5, 5.41) is 1.80. The fourth-order valence-corrected chi connectivity index (χ4v) is 2.10. The van der Waals surface area contributed by atoms with Gasteiger partial charge in [-0.25, -0.2) is 4.79 Å². The van der Waals surface area contributed by atoms with E-state index in [4.69, 9.17) is 9.47 Å². The van der Waals surface area contributed by atoms with E-state index in [0.717, 1.165) is 28.5 Å². The molecule has 0 spiro atoms. The summed E-state index contributed by atoms with van der Waals surface area (Å²) in [6.45, 7) is 7.28. The summed E-state index contributed by atoms with van der Waals surface area (Å²) in [5.74, 6) is 0.972. The second-order valence-corrected chi connectivity index (χ2v) is 4.64. The van der Waals surface area contributed by atoms with Gasteiger partial charge in [-0.05, 0) is 25.0 Å². The molecular weight excluding hydrogens is 252 g/mol. The molecule has 0 aromatic heterocycles. The summed E-state index contributed by atoms with van der Waals surface area (Å²) in [4.78, 5) is 11.8. The highest BCUT2D eigenvalue weighted by Gasteiger charge is 2.16. The van der Waals surface area contributed by atoms with Gasteiger partial charge in [-0.15, -0.1) is 0 Å². The summed E-state index contributed by atoms with van der Waals surface area (Å²) in [6.07, 6.45) is 0.750. The van der Waals surface area contributed by atoms with Gasteiger partial charge >= 0.3 is 5.97 Å². The Morgan fingerprint density at radius 3 is 2.45 bits per heavy atom. The zero-order chi connectivity index (χ0) is 14.7. The topological polar surface area (TPSA) is 35.5 Å². The van der Waals surface area contributed by atoms with Gasteiger partial charge < -0.3 is 9.47 Å². The molecule has 0 radical (unpaired) electrons. The second-order valence-electron chi connectivity index (χ2n) is 4.64. The highest BCUT2D eigenvalue weighted by molar-refractivity contribution is 5.98. The zero-order valence-corrected chi connectivity index (χ0v) is 12.0. The van der Waals surface area contributed by atoms with Crippen molar-refractivity contribution >= 4 is 16.7 Å². The third-order valence-corrected chi connectivity index (χ3v) is 3.18. The first-order chi connectivity index (χ1) is 9.58. The van der Waals surface area contributed by atoms with Crippen LogP contribution in [0.3, 0.4) is 0 Å². The lowest BCUT2D eigenvalue weighted by Crippen LogP contribution is -2.10. The van der Waals surface area contributed by atoms with Gasteiger partial charge in [0.05, 0.1) is 7.11 Å². The molecule has 2 aromatic carbocycles. The Balaban J connectivity index is 2.68. The first kappa shape index (κ1) is 14.1. The van der Waals surface area contributed by atoms with Crippen LogP contribution in [0.25, 0.3) is 10.8 Å². The number of hydrogen-bond donors (Lipinski definition) is 0. The van der Waals surface area contributed by atoms with Gasteiger partial charge in [-0.1, -0.05) is 37.8 Å². The molecule has 0 atom stereocenters. The van der Waals surface area contributed by atoms with Gasteiger partial charge in [0, 0.05) is 16.3 Å². The fraction of sp³-hybridized carbons (Fsp3) is 0.235. The molecule has 0 aliphatic heterocycles. The van der Waals surface area contributed by atoms with E-state index < -0.39 is 5.97 Å². The minimum atomic E-state index is -0.407. The van der Waals surface area contributed by atoms with E-state index >= 15 is 0 Å². The van der Waals surface area contributed by atoms with Crippen molar-refractivity contribution in [1.82, 2.24) is 0 Å². The maximum Gasteiger partial charge on any atom is 0.338 e. The van der Waals surface area contributed by atoms with Crippen molar-refractivity contribution in [3.63, 3.8) is 0 Å². The number of carbonyl (C=O) groups excluding carboxylic acids is 1. The van der Waals surface area contributed by atoms with E-state index in [1.165, 1.54) is 0 Å². The van der Waals surface area contributed by atoms with E-state index in [1.54, 1.807) is 14.0 Å². The Morgan fingerprint density at radius 2 is 1.90 bits per heavy atom. The van der Waals surface area contributed by atoms with Crippen LogP contribution >= 0.6 is 0 Å². The van der Waals surface area contributed by atoms with E-state index in [2.05, 4.69) is 6.58 Å². The monoisotopic (exact) mass is 270 g/mol. The molecule has 2 aromatic rings. The minimum absolute atomic E-state index is 0.381. The van der Waals surface area contributed by atoms with Crippen LogP contribution < -0.4 is 9.47 Å². The first-order valence-electron chi connectivity index (χ1n) is 6.54. The largest absolute Gasteiger partial charge is 0.496 e. The summed E-state index contributed by atoms with van der Waals surface area (Å²) >= 11 is 0. The average molecular weight is 270 g/mol. The van der Waals surface area contributed by atoms with Crippen LogP contribution in [0.15, 0.2) is 42.5 Å². The van der Waals surface area contributed by atoms with Crippen molar-refractivity contribution in [1.29, 1.82) is 0 Å². The molecular formula is C17H18O3. The molecule has 0 heterocycles. The van der Waals surface area contributed by atoms with E-state index in [-0.39, 0.29) is 0 Å². The number of rotatable bonds is 4. The molecule has 2 rings (SSSR count). The fourth-order valence-electron chi connectivity index (χ4n) is 2.10. The SMILES string of the molecule is C=C(C)C(=O)Oc1c(CC)cc(OC)c2ccccc12. The molecule has 3 heteroatoms. The van der Waals surface area contributed by atoms with Crippen LogP contribution in [-0.2, 0) is 11.2 Å². The predicted molar refractivity (Wildman–Crippen MR) is 80.3 cm³/mol. The van der Waals surface area contributed by atoms with Crippen LogP contribution in [0.5, 0.6) is 11.5 Å². The Hall–Kier alpha value is -2.29. The smallest absolute Gasteiger partial charge is 0.338 e. The maximum absolute atomic E-state index is 11.8. The molecule has 0 aliphatic carbocycles. The van der Waals surface area contributed by atoms with E-state index in [9.17, 15) is 4.79 Å². The number of ether oxygens (including phenoxy) is 2. The molecule has 0 fully saturated rings. The molecule has 0 aliphatic rings. The molecule has 0 saturated heterocycles. The Labute approximate surface area is 118 Å². The third kappa shape index (κ3) is 2.52. The average Bonchev–Trinajstić information content (AvgIpc) is 2.47. The van der Waals surface area contributed by atoms with Crippen molar-refractivity contribution in [3.8, 4) is 11.5 Å². The lowest BCUT2D eigenvalue weighted by Gasteiger charge is -2.15. The van der Waals surface area contributed by atoms with Crippen molar-refractivity contribution in [3.05, 3.63) is 48.0 Å². The highest BCUT2D eigenvalue weighted by Crippen LogP contribution is 2.37. The normalized spacial score (nSPS) is 10.3. The van der Waals surface area contributed by atoms with Crippen molar-refractivity contribution in [2.24, 2.45) is 0 Å². The molecule has 104 valence electrons. The summed E-state index contributed by atoms with van der Waals surface area (Å²) < 4.78 is 10.9. The van der Waals surface area contributed by atoms with Crippen LogP contribution in [0.1, 0.15) is 19.4 Å². The number of esters is 1. The van der Waals surface area contributed by atoms with E-state index in [0.29, 0.717) is 11.3 Å². The van der Waals surface area contributed by atoms with Gasteiger partial charge in [0.1, 0.15) is 11.5 Å². The van der Waals surface area contributed by atoms with Crippen molar-refractivity contribution in [2.45, 2.75) is 20.3 Å². The van der Waals surface area contributed by atoms with Crippen LogP contribution in [0.2, 0.25) is 0 Å². The third-order valence-electron chi connectivity index (χ3n) is 3.18. The van der Waals surface area contributed by atoms with E-state index in [1.807, 2.05) is 37.3 Å². The van der Waals surface area contributed by atoms with Gasteiger partial charge in [0.15, 0.2) is 0 Å². The molecule has 0 saturated carbocycles. The Bertz CT molecular complexity index is 671. The molecule has 0 bridgehead atoms. The number of hydrogen-bond acceptors (Lipinski definition) is 3. The summed E-state index contributed by atoms with van der Waals surface area (Å²) in [7, 11) is 1.64. The van der Waals surface area contributed by atoms with Crippen molar-refractivity contribution < 1.29 is 14.3 Å². The van der Waals surface area contributed by atoms with Gasteiger partial charge in [-0.2, -0.15) is 0 Å². The zero-order valence-electron chi connectivity index (χ0n) is 12.0. The molecule has 0 amide bonds. The number of methoxy groups -OCH3 is 1. The molecule has 20 heavy (non-hydrogen) atoms. The molecule has 0 N–H and O–H groups in total. The van der Waals surface area contributed by atoms with Gasteiger partial charge in [-0.3, -0.25) is 0 Å². The number of benzene rings is 2. The van der Waals surface area contributed by atoms with Crippen molar-refractivity contribution in [2.75, 3.05) is 7.11 Å². The lowest BCUT2D eigenvalue weighted by molar-refractivity contribution is -0.130. The quantitative estimate of drug-likeness (QED) is 0.480. The number of carbonyl (C=O) groups is 1. The van der Waals surface area contributed by atoms with Crippen LogP contribution in [-0.4, -0.2) is 13.1 Å². The lowest BCUT2D eigenvalue weighted by atomic mass is 10.0. The Morgan fingerprint density at radius 1 is 1.25 bits per heavy atom. The van der Waals surface area contributed by atoms with Gasteiger partial charge in [0.25, 0.3) is 0 Å². The van der Waals surface area contributed by atoms with Gasteiger partial charge in [0.2, 0.25) is 0 Å². The Kier molecular flexibility index (Phi) is 4.08. The predicted octanol–water partition coefficient (Wildman–Crippen LogP) is 3.89. The number of aryl methyl sites for hydroxylation is 1. The number of fused-ring (bicyclic) bond motifs is 1. The molecule has 0 unspecified atom stereocenters. The second kappa shape index (κ2) is 5.78.